The normalized spacial score (nSPS) is 10.9. The Balaban J connectivity index is 0.00000484. The fourth-order valence-corrected chi connectivity index (χ4v) is 2.64. The molecule has 0 atom stereocenters. The van der Waals surface area contributed by atoms with Crippen molar-refractivity contribution >= 4 is 18.4 Å². The van der Waals surface area contributed by atoms with Gasteiger partial charge < -0.3 is 10.1 Å². The van der Waals surface area contributed by atoms with E-state index in [-0.39, 0.29) is 18.4 Å². The second kappa shape index (κ2) is 12.4. The highest BCUT2D eigenvalue weighted by atomic mass is 35.5. The topological polar surface area (TPSA) is 38.3 Å². The molecule has 23 heavy (non-hydrogen) atoms. The van der Waals surface area contributed by atoms with Crippen LogP contribution in [0.1, 0.15) is 46.1 Å². The molecule has 1 N–H and O–H groups in total. The quantitative estimate of drug-likeness (QED) is 0.511. The van der Waals surface area contributed by atoms with Gasteiger partial charge in [0.25, 0.3) is 0 Å². The minimum atomic E-state index is -0.155. The average molecular weight is 342 g/mol. The van der Waals surface area contributed by atoms with Gasteiger partial charge in [-0.1, -0.05) is 58.0 Å². The van der Waals surface area contributed by atoms with Gasteiger partial charge in [0.1, 0.15) is 6.61 Å². The molecule has 0 aliphatic carbocycles. The summed E-state index contributed by atoms with van der Waals surface area (Å²) < 4.78 is 5.30. The maximum atomic E-state index is 11.8. The summed E-state index contributed by atoms with van der Waals surface area (Å²) in [5.74, 6) is 1.20. The number of hydrogen-bond acceptors (Lipinski definition) is 3. The number of ether oxygens (including phenoxy) is 1. The van der Waals surface area contributed by atoms with Crippen molar-refractivity contribution < 1.29 is 9.53 Å². The number of nitrogens with one attached hydrogen (secondary N) is 1. The Hall–Kier alpha value is -1.06. The van der Waals surface area contributed by atoms with E-state index in [2.05, 4.69) is 33.0 Å². The molecule has 1 aromatic carbocycles. The predicted octanol–water partition coefficient (Wildman–Crippen LogP) is 4.24. The van der Waals surface area contributed by atoms with E-state index in [0.29, 0.717) is 30.9 Å². The van der Waals surface area contributed by atoms with Gasteiger partial charge in [-0.2, -0.15) is 0 Å². The molecule has 0 saturated carbocycles. The number of hydrogen-bond donors (Lipinski definition) is 1. The highest BCUT2D eigenvalue weighted by Gasteiger charge is 2.12. The van der Waals surface area contributed by atoms with Crippen molar-refractivity contribution in [2.45, 2.75) is 53.0 Å². The lowest BCUT2D eigenvalue weighted by Crippen LogP contribution is -2.34. The minimum Gasteiger partial charge on any atom is -0.464 e. The van der Waals surface area contributed by atoms with Crippen LogP contribution < -0.4 is 5.32 Å². The molecule has 0 heterocycles. The van der Waals surface area contributed by atoms with Crippen molar-refractivity contribution in [2.24, 2.45) is 11.8 Å². The van der Waals surface area contributed by atoms with Crippen LogP contribution in [-0.4, -0.2) is 25.2 Å². The van der Waals surface area contributed by atoms with Crippen molar-refractivity contribution in [1.29, 1.82) is 0 Å². The zero-order valence-corrected chi connectivity index (χ0v) is 15.7. The highest BCUT2D eigenvalue weighted by Crippen LogP contribution is 2.13. The van der Waals surface area contributed by atoms with Crippen molar-refractivity contribution in [3.05, 3.63) is 35.9 Å². The number of carbonyl (C=O) groups is 1. The van der Waals surface area contributed by atoms with Gasteiger partial charge in [0.15, 0.2) is 0 Å². The fraction of sp³-hybridized carbons (Fsp3) is 0.632. The first-order valence-electron chi connectivity index (χ1n) is 8.40. The smallest absolute Gasteiger partial charge is 0.310 e. The number of carbonyl (C=O) groups excluding carboxylic acids is 1. The Morgan fingerprint density at radius 2 is 1.61 bits per heavy atom. The van der Waals surface area contributed by atoms with Crippen molar-refractivity contribution in [1.82, 2.24) is 5.32 Å². The first-order valence-corrected chi connectivity index (χ1v) is 8.40. The number of benzene rings is 1. The molecule has 132 valence electrons. The molecule has 0 unspecified atom stereocenters. The third kappa shape index (κ3) is 11.2. The van der Waals surface area contributed by atoms with Crippen LogP contribution in [0, 0.1) is 11.8 Å². The second-order valence-electron chi connectivity index (χ2n) is 6.79. The summed E-state index contributed by atoms with van der Waals surface area (Å²) in [6.07, 6.45) is 2.68. The number of esters is 1. The summed E-state index contributed by atoms with van der Waals surface area (Å²) in [4.78, 5) is 11.8. The van der Waals surface area contributed by atoms with Crippen molar-refractivity contribution in [3.8, 4) is 0 Å². The average Bonchev–Trinajstić information content (AvgIpc) is 2.43. The lowest BCUT2D eigenvalue weighted by Gasteiger charge is -2.22. The van der Waals surface area contributed by atoms with Gasteiger partial charge in [-0.3, -0.25) is 4.79 Å². The van der Waals surface area contributed by atoms with Crippen molar-refractivity contribution in [3.63, 3.8) is 0 Å². The van der Waals surface area contributed by atoms with E-state index in [4.69, 9.17) is 4.74 Å². The Morgan fingerprint density at radius 3 is 2.13 bits per heavy atom. The zero-order chi connectivity index (χ0) is 16.4. The Labute approximate surface area is 147 Å². The summed E-state index contributed by atoms with van der Waals surface area (Å²) in [5, 5.41) is 3.52. The van der Waals surface area contributed by atoms with E-state index < -0.39 is 0 Å². The van der Waals surface area contributed by atoms with Gasteiger partial charge in [0.2, 0.25) is 0 Å². The van der Waals surface area contributed by atoms with Crippen LogP contribution in [0.15, 0.2) is 30.3 Å². The lowest BCUT2D eigenvalue weighted by atomic mass is 9.96. The van der Waals surface area contributed by atoms with E-state index in [0.717, 1.165) is 24.9 Å². The van der Waals surface area contributed by atoms with Crippen LogP contribution in [0.4, 0.5) is 0 Å². The molecule has 1 rings (SSSR count). The predicted molar refractivity (Wildman–Crippen MR) is 99.1 cm³/mol. The SMILES string of the molecule is CC(C)CC(CC(C)C)NCCOC(=O)Cc1ccccc1.Cl. The second-order valence-corrected chi connectivity index (χ2v) is 6.79. The van der Waals surface area contributed by atoms with E-state index in [9.17, 15) is 4.79 Å². The minimum absolute atomic E-state index is 0. The van der Waals surface area contributed by atoms with Crippen LogP contribution in [0.3, 0.4) is 0 Å². The van der Waals surface area contributed by atoms with Crippen LogP contribution in [-0.2, 0) is 16.0 Å². The van der Waals surface area contributed by atoms with Crippen LogP contribution in [0.5, 0.6) is 0 Å². The summed E-state index contributed by atoms with van der Waals surface area (Å²) in [6.45, 7) is 10.1. The van der Waals surface area contributed by atoms with E-state index in [1.165, 1.54) is 0 Å². The Morgan fingerprint density at radius 1 is 1.04 bits per heavy atom. The monoisotopic (exact) mass is 341 g/mol. The van der Waals surface area contributed by atoms with Crippen LogP contribution in [0.25, 0.3) is 0 Å². The van der Waals surface area contributed by atoms with Gasteiger partial charge in [0, 0.05) is 12.6 Å². The standard InChI is InChI=1S/C19H31NO2.ClH/c1-15(2)12-18(13-16(3)4)20-10-11-22-19(21)14-17-8-6-5-7-9-17;/h5-9,15-16,18,20H,10-14H2,1-4H3;1H. The fourth-order valence-electron chi connectivity index (χ4n) is 2.64. The van der Waals surface area contributed by atoms with Gasteiger partial charge in [0.05, 0.1) is 6.42 Å². The molecular formula is C19H32ClNO2. The van der Waals surface area contributed by atoms with Gasteiger partial charge in [-0.05, 0) is 30.2 Å². The first kappa shape index (κ1) is 21.9. The largest absolute Gasteiger partial charge is 0.464 e. The maximum absolute atomic E-state index is 11.8. The summed E-state index contributed by atoms with van der Waals surface area (Å²) in [6, 6.07) is 10.2. The molecule has 0 aliphatic rings. The third-order valence-electron chi connectivity index (χ3n) is 3.50. The molecule has 0 amide bonds. The molecule has 0 radical (unpaired) electrons. The third-order valence-corrected chi connectivity index (χ3v) is 3.50. The molecule has 0 spiro atoms. The molecule has 0 bridgehead atoms. The first-order chi connectivity index (χ1) is 10.5. The van der Waals surface area contributed by atoms with Crippen molar-refractivity contribution in [2.75, 3.05) is 13.2 Å². The molecule has 4 heteroatoms. The van der Waals surface area contributed by atoms with Gasteiger partial charge >= 0.3 is 5.97 Å². The zero-order valence-electron chi connectivity index (χ0n) is 14.9. The highest BCUT2D eigenvalue weighted by molar-refractivity contribution is 5.85. The lowest BCUT2D eigenvalue weighted by molar-refractivity contribution is -0.142. The molecule has 0 saturated heterocycles. The summed E-state index contributed by atoms with van der Waals surface area (Å²) in [5.41, 5.74) is 0.998. The summed E-state index contributed by atoms with van der Waals surface area (Å²) >= 11 is 0. The molecule has 0 fully saturated rings. The van der Waals surface area contributed by atoms with Gasteiger partial charge in [-0.15, -0.1) is 12.4 Å². The summed E-state index contributed by atoms with van der Waals surface area (Å²) in [7, 11) is 0. The van der Waals surface area contributed by atoms with E-state index >= 15 is 0 Å². The van der Waals surface area contributed by atoms with Crippen LogP contribution >= 0.6 is 12.4 Å². The van der Waals surface area contributed by atoms with Gasteiger partial charge in [-0.25, -0.2) is 0 Å². The molecule has 3 nitrogen and oxygen atoms in total. The molecule has 1 aromatic rings. The van der Waals surface area contributed by atoms with E-state index in [1.54, 1.807) is 0 Å². The number of halogens is 1. The Bertz CT molecular complexity index is 411. The van der Waals surface area contributed by atoms with E-state index in [1.807, 2.05) is 30.3 Å². The number of rotatable bonds is 10. The van der Waals surface area contributed by atoms with Crippen LogP contribution in [0.2, 0.25) is 0 Å². The molecule has 0 aliphatic heterocycles. The molecule has 0 aromatic heterocycles. The maximum Gasteiger partial charge on any atom is 0.310 e. The molecular weight excluding hydrogens is 310 g/mol. The Kier molecular flexibility index (Phi) is 11.8.